The van der Waals surface area contributed by atoms with E-state index in [1.165, 1.54) is 4.88 Å². The highest BCUT2D eigenvalue weighted by Crippen LogP contribution is 2.12. The molecule has 1 aromatic rings. The Labute approximate surface area is 124 Å². The molecule has 1 fully saturated rings. The molecule has 0 aliphatic carbocycles. The van der Waals surface area contributed by atoms with Crippen LogP contribution in [0.2, 0.25) is 0 Å². The normalized spacial score (nSPS) is 22.0. The molecule has 0 radical (unpaired) electrons. The minimum Gasteiger partial charge on any atom is -0.392 e. The van der Waals surface area contributed by atoms with E-state index in [1.54, 1.807) is 11.3 Å². The summed E-state index contributed by atoms with van der Waals surface area (Å²) in [6.07, 6.45) is 1.07. The fourth-order valence-corrected chi connectivity index (χ4v) is 2.95. The SMILES string of the molecule is CCN(CCc1cccs1)C(=O)C1CC(O)CN1.Cl. The summed E-state index contributed by atoms with van der Waals surface area (Å²) in [6, 6.07) is 3.93. The minimum absolute atomic E-state index is 0. The van der Waals surface area contributed by atoms with Crippen LogP contribution in [-0.2, 0) is 11.2 Å². The van der Waals surface area contributed by atoms with Crippen molar-refractivity contribution in [3.8, 4) is 0 Å². The van der Waals surface area contributed by atoms with Crippen molar-refractivity contribution in [2.24, 2.45) is 0 Å². The predicted octanol–water partition coefficient (Wildman–Crippen LogP) is 1.28. The molecule has 1 aliphatic rings. The highest BCUT2D eigenvalue weighted by atomic mass is 35.5. The number of halogens is 1. The van der Waals surface area contributed by atoms with Crippen LogP contribution in [0.25, 0.3) is 0 Å². The van der Waals surface area contributed by atoms with Crippen molar-refractivity contribution in [2.75, 3.05) is 19.6 Å². The number of rotatable bonds is 5. The molecule has 1 amide bonds. The van der Waals surface area contributed by atoms with Crippen LogP contribution in [0.4, 0.5) is 0 Å². The van der Waals surface area contributed by atoms with Gasteiger partial charge in [0.2, 0.25) is 5.91 Å². The second-order valence-corrected chi connectivity index (χ2v) is 5.63. The molecule has 2 rings (SSSR count). The molecule has 0 aromatic carbocycles. The van der Waals surface area contributed by atoms with Crippen LogP contribution in [0.1, 0.15) is 18.2 Å². The van der Waals surface area contributed by atoms with Crippen LogP contribution in [0.15, 0.2) is 17.5 Å². The van der Waals surface area contributed by atoms with Gasteiger partial charge < -0.3 is 15.3 Å². The quantitative estimate of drug-likeness (QED) is 0.862. The molecule has 2 unspecified atom stereocenters. The largest absolute Gasteiger partial charge is 0.392 e. The predicted molar refractivity (Wildman–Crippen MR) is 79.9 cm³/mol. The van der Waals surface area contributed by atoms with E-state index in [2.05, 4.69) is 16.8 Å². The lowest BCUT2D eigenvalue weighted by Crippen LogP contribution is -2.44. The van der Waals surface area contributed by atoms with Crippen LogP contribution >= 0.6 is 23.7 Å². The Bertz CT molecular complexity index is 386. The van der Waals surface area contributed by atoms with Crippen molar-refractivity contribution in [2.45, 2.75) is 31.9 Å². The number of aliphatic hydroxyl groups is 1. The maximum atomic E-state index is 12.2. The van der Waals surface area contributed by atoms with E-state index >= 15 is 0 Å². The Morgan fingerprint density at radius 2 is 2.42 bits per heavy atom. The lowest BCUT2D eigenvalue weighted by Gasteiger charge is -2.24. The number of hydrogen-bond donors (Lipinski definition) is 2. The molecule has 2 heterocycles. The van der Waals surface area contributed by atoms with E-state index in [0.29, 0.717) is 13.0 Å². The van der Waals surface area contributed by atoms with Crippen molar-refractivity contribution in [3.05, 3.63) is 22.4 Å². The third-order valence-corrected chi connectivity index (χ3v) is 4.24. The first kappa shape index (κ1) is 16.4. The van der Waals surface area contributed by atoms with Gasteiger partial charge in [0.25, 0.3) is 0 Å². The van der Waals surface area contributed by atoms with Gasteiger partial charge in [-0.1, -0.05) is 6.07 Å². The number of β-amino-alcohol motifs (C(OH)–C–C–N with tert-alkyl or cyclic N) is 1. The summed E-state index contributed by atoms with van der Waals surface area (Å²) in [5, 5.41) is 14.6. The Morgan fingerprint density at radius 1 is 1.63 bits per heavy atom. The van der Waals surface area contributed by atoms with E-state index in [9.17, 15) is 9.90 Å². The van der Waals surface area contributed by atoms with Gasteiger partial charge in [0.05, 0.1) is 12.1 Å². The van der Waals surface area contributed by atoms with Gasteiger partial charge in [-0.15, -0.1) is 23.7 Å². The number of amides is 1. The summed E-state index contributed by atoms with van der Waals surface area (Å²) < 4.78 is 0. The number of nitrogens with zero attached hydrogens (tertiary/aromatic N) is 1. The maximum Gasteiger partial charge on any atom is 0.239 e. The molecule has 2 atom stereocenters. The number of nitrogens with one attached hydrogen (secondary N) is 1. The van der Waals surface area contributed by atoms with E-state index in [1.807, 2.05) is 17.9 Å². The smallest absolute Gasteiger partial charge is 0.239 e. The summed E-state index contributed by atoms with van der Waals surface area (Å²) in [7, 11) is 0. The highest BCUT2D eigenvalue weighted by molar-refractivity contribution is 7.09. The zero-order chi connectivity index (χ0) is 13.0. The monoisotopic (exact) mass is 304 g/mol. The van der Waals surface area contributed by atoms with Gasteiger partial charge in [-0.25, -0.2) is 0 Å². The summed E-state index contributed by atoms with van der Waals surface area (Å²) in [5.74, 6) is 0.116. The Morgan fingerprint density at radius 3 is 2.95 bits per heavy atom. The van der Waals surface area contributed by atoms with Gasteiger partial charge in [-0.2, -0.15) is 0 Å². The molecular formula is C13H21ClN2O2S. The number of likely N-dealkylation sites (N-methyl/N-ethyl adjacent to an activating group) is 1. The molecular weight excluding hydrogens is 284 g/mol. The molecule has 0 saturated carbocycles. The van der Waals surface area contributed by atoms with Crippen LogP contribution in [0.5, 0.6) is 0 Å². The van der Waals surface area contributed by atoms with Gasteiger partial charge in [0, 0.05) is 24.5 Å². The average Bonchev–Trinajstić information content (AvgIpc) is 3.00. The minimum atomic E-state index is -0.380. The molecule has 1 saturated heterocycles. The van der Waals surface area contributed by atoms with E-state index < -0.39 is 0 Å². The lowest BCUT2D eigenvalue weighted by molar-refractivity contribution is -0.133. The third kappa shape index (κ3) is 4.45. The van der Waals surface area contributed by atoms with E-state index in [0.717, 1.165) is 19.5 Å². The van der Waals surface area contributed by atoms with Gasteiger partial charge in [-0.05, 0) is 31.2 Å². The molecule has 6 heteroatoms. The lowest BCUT2D eigenvalue weighted by atomic mass is 10.1. The summed E-state index contributed by atoms with van der Waals surface area (Å²) >= 11 is 1.73. The third-order valence-electron chi connectivity index (χ3n) is 3.31. The van der Waals surface area contributed by atoms with Crippen molar-refractivity contribution < 1.29 is 9.90 Å². The standard InChI is InChI=1S/C13H20N2O2S.ClH/c1-2-15(6-5-11-4-3-7-18-11)13(17)12-8-10(16)9-14-12;/h3-4,7,10,12,14,16H,2,5-6,8-9H2,1H3;1H. The Balaban J connectivity index is 0.00000180. The first-order valence-electron chi connectivity index (χ1n) is 6.43. The van der Waals surface area contributed by atoms with E-state index in [4.69, 9.17) is 0 Å². The highest BCUT2D eigenvalue weighted by Gasteiger charge is 2.30. The number of thiophene rings is 1. The van der Waals surface area contributed by atoms with Gasteiger partial charge >= 0.3 is 0 Å². The molecule has 0 spiro atoms. The molecule has 2 N–H and O–H groups in total. The summed E-state index contributed by atoms with van der Waals surface area (Å²) in [4.78, 5) is 15.4. The fourth-order valence-electron chi connectivity index (χ4n) is 2.25. The van der Waals surface area contributed by atoms with Gasteiger partial charge in [0.1, 0.15) is 0 Å². The Hall–Kier alpha value is -0.620. The molecule has 1 aliphatic heterocycles. The van der Waals surface area contributed by atoms with Crippen molar-refractivity contribution in [1.29, 1.82) is 0 Å². The zero-order valence-corrected chi connectivity index (χ0v) is 12.7. The second kappa shape index (κ2) is 7.85. The Kier molecular flexibility index (Phi) is 6.79. The molecule has 0 bridgehead atoms. The van der Waals surface area contributed by atoms with Crippen LogP contribution in [-0.4, -0.2) is 47.7 Å². The average molecular weight is 305 g/mol. The first-order chi connectivity index (χ1) is 8.70. The van der Waals surface area contributed by atoms with Crippen molar-refractivity contribution in [1.82, 2.24) is 10.2 Å². The maximum absolute atomic E-state index is 12.2. The van der Waals surface area contributed by atoms with E-state index in [-0.39, 0.29) is 30.5 Å². The topological polar surface area (TPSA) is 52.6 Å². The fraction of sp³-hybridized carbons (Fsp3) is 0.615. The van der Waals surface area contributed by atoms with Crippen molar-refractivity contribution >= 4 is 29.7 Å². The van der Waals surface area contributed by atoms with Gasteiger partial charge in [0.15, 0.2) is 0 Å². The molecule has 19 heavy (non-hydrogen) atoms. The van der Waals surface area contributed by atoms with Gasteiger partial charge in [-0.3, -0.25) is 4.79 Å². The first-order valence-corrected chi connectivity index (χ1v) is 7.31. The zero-order valence-electron chi connectivity index (χ0n) is 11.0. The number of hydrogen-bond acceptors (Lipinski definition) is 4. The van der Waals surface area contributed by atoms with Crippen LogP contribution < -0.4 is 5.32 Å². The number of aliphatic hydroxyl groups excluding tert-OH is 1. The van der Waals surface area contributed by atoms with Crippen LogP contribution in [0, 0.1) is 0 Å². The second-order valence-electron chi connectivity index (χ2n) is 4.60. The number of carbonyl (C=O) groups excluding carboxylic acids is 1. The summed E-state index contributed by atoms with van der Waals surface area (Å²) in [5.41, 5.74) is 0. The van der Waals surface area contributed by atoms with Crippen molar-refractivity contribution in [3.63, 3.8) is 0 Å². The molecule has 4 nitrogen and oxygen atoms in total. The molecule has 1 aromatic heterocycles. The molecule has 108 valence electrons. The number of carbonyl (C=O) groups is 1. The van der Waals surface area contributed by atoms with Crippen LogP contribution in [0.3, 0.4) is 0 Å². The summed E-state index contributed by atoms with van der Waals surface area (Å²) in [6.45, 7) is 4.00.